The molecule has 0 aromatic rings. The van der Waals surface area contributed by atoms with Gasteiger partial charge < -0.3 is 4.74 Å². The molecule has 3 nitrogen and oxygen atoms in total. The van der Waals surface area contributed by atoms with Gasteiger partial charge in [-0.2, -0.15) is 0 Å². The van der Waals surface area contributed by atoms with Gasteiger partial charge in [0, 0.05) is 11.8 Å². The normalized spacial score (nSPS) is 31.9. The topological polar surface area (TPSA) is 43.4 Å². The number of carbonyl (C=O) groups is 2. The molecule has 4 atom stereocenters. The van der Waals surface area contributed by atoms with Gasteiger partial charge in [0.25, 0.3) is 0 Å². The van der Waals surface area contributed by atoms with E-state index < -0.39 is 0 Å². The van der Waals surface area contributed by atoms with Crippen molar-refractivity contribution in [2.24, 2.45) is 23.7 Å². The van der Waals surface area contributed by atoms with E-state index in [0.717, 1.165) is 12.8 Å². The summed E-state index contributed by atoms with van der Waals surface area (Å²) in [6, 6.07) is 0. The lowest BCUT2D eigenvalue weighted by molar-refractivity contribution is -0.150. The molecule has 2 aliphatic rings. The van der Waals surface area contributed by atoms with Crippen LogP contribution in [0, 0.1) is 23.7 Å². The van der Waals surface area contributed by atoms with E-state index in [9.17, 15) is 9.59 Å². The summed E-state index contributed by atoms with van der Waals surface area (Å²) in [5.74, 6) is 0.175. The van der Waals surface area contributed by atoms with Crippen molar-refractivity contribution in [1.82, 2.24) is 0 Å². The molecule has 0 spiro atoms. The summed E-state index contributed by atoms with van der Waals surface area (Å²) in [5, 5.41) is 0. The van der Waals surface area contributed by atoms with Gasteiger partial charge in [0.2, 0.25) is 0 Å². The molecule has 2 rings (SSSR count). The van der Waals surface area contributed by atoms with Gasteiger partial charge in [0.05, 0.1) is 12.5 Å². The van der Waals surface area contributed by atoms with Crippen LogP contribution in [0.15, 0.2) is 12.2 Å². The first kappa shape index (κ1) is 12.3. The van der Waals surface area contributed by atoms with E-state index in [-0.39, 0.29) is 29.5 Å². The van der Waals surface area contributed by atoms with Crippen LogP contribution >= 0.6 is 0 Å². The van der Waals surface area contributed by atoms with E-state index in [1.807, 2.05) is 12.2 Å². The van der Waals surface area contributed by atoms with Crippen molar-refractivity contribution in [3.63, 3.8) is 0 Å². The van der Waals surface area contributed by atoms with Crippen LogP contribution in [0.5, 0.6) is 0 Å². The van der Waals surface area contributed by atoms with Gasteiger partial charge >= 0.3 is 5.97 Å². The molecule has 0 aliphatic heterocycles. The zero-order valence-corrected chi connectivity index (χ0v) is 10.5. The number of hydrogen-bond donors (Lipinski definition) is 0. The molecule has 4 unspecified atom stereocenters. The molecular formula is C14H20O3. The van der Waals surface area contributed by atoms with Crippen molar-refractivity contribution in [2.75, 3.05) is 6.61 Å². The molecule has 0 N–H and O–H groups in total. The molecule has 0 amide bonds. The third-order valence-corrected chi connectivity index (χ3v) is 4.04. The maximum absolute atomic E-state index is 11.8. The average molecular weight is 236 g/mol. The second-order valence-corrected chi connectivity index (χ2v) is 5.23. The molecule has 0 saturated heterocycles. The van der Waals surface area contributed by atoms with Crippen LogP contribution in [-0.4, -0.2) is 18.4 Å². The van der Waals surface area contributed by atoms with Crippen molar-refractivity contribution in [3.8, 4) is 0 Å². The number of ketones is 1. The highest BCUT2D eigenvalue weighted by atomic mass is 16.5. The minimum atomic E-state index is -0.213. The highest BCUT2D eigenvalue weighted by molar-refractivity contribution is 5.96. The second kappa shape index (κ2) is 5.03. The van der Waals surface area contributed by atoms with E-state index in [2.05, 4.69) is 13.8 Å². The molecule has 1 saturated carbocycles. The van der Waals surface area contributed by atoms with Crippen LogP contribution in [0.1, 0.15) is 33.1 Å². The van der Waals surface area contributed by atoms with Gasteiger partial charge in [-0.05, 0) is 18.8 Å². The summed E-state index contributed by atoms with van der Waals surface area (Å²) < 4.78 is 5.27. The lowest BCUT2D eigenvalue weighted by Crippen LogP contribution is -2.23. The number of fused-ring (bicyclic) bond motifs is 2. The third kappa shape index (κ3) is 2.43. The number of Topliss-reactive ketones (excluding diaryl/α,β-unsaturated/α-hetero) is 1. The zero-order valence-electron chi connectivity index (χ0n) is 10.5. The Bertz CT molecular complexity index is 345. The minimum Gasteiger partial charge on any atom is -0.465 e. The highest BCUT2D eigenvalue weighted by Gasteiger charge is 2.47. The SMILES string of the molecule is CCC(C)CCOC(=O)C1CC2C=CC1C2=O. The zero-order chi connectivity index (χ0) is 12.4. The first-order valence-electron chi connectivity index (χ1n) is 6.52. The maximum atomic E-state index is 11.8. The molecule has 17 heavy (non-hydrogen) atoms. The fourth-order valence-electron chi connectivity index (χ4n) is 2.55. The Morgan fingerprint density at radius 1 is 1.53 bits per heavy atom. The molecule has 2 aliphatic carbocycles. The molecule has 2 bridgehead atoms. The van der Waals surface area contributed by atoms with E-state index in [1.165, 1.54) is 0 Å². The van der Waals surface area contributed by atoms with E-state index in [0.29, 0.717) is 18.9 Å². The van der Waals surface area contributed by atoms with Gasteiger partial charge in [-0.25, -0.2) is 0 Å². The monoisotopic (exact) mass is 236 g/mol. The summed E-state index contributed by atoms with van der Waals surface area (Å²) in [7, 11) is 0. The molecule has 0 aromatic heterocycles. The molecule has 0 aromatic carbocycles. The first-order chi connectivity index (χ1) is 8.13. The van der Waals surface area contributed by atoms with E-state index >= 15 is 0 Å². The summed E-state index contributed by atoms with van der Waals surface area (Å²) in [6.07, 6.45) is 6.47. The quantitative estimate of drug-likeness (QED) is 0.543. The molecule has 94 valence electrons. The van der Waals surface area contributed by atoms with Crippen LogP contribution in [-0.2, 0) is 14.3 Å². The molecule has 3 heteroatoms. The predicted molar refractivity (Wildman–Crippen MR) is 64.3 cm³/mol. The van der Waals surface area contributed by atoms with E-state index in [4.69, 9.17) is 4.74 Å². The number of allylic oxidation sites excluding steroid dienone is 2. The Morgan fingerprint density at radius 2 is 2.29 bits per heavy atom. The smallest absolute Gasteiger partial charge is 0.310 e. The minimum absolute atomic E-state index is 0.0212. The molecular weight excluding hydrogens is 216 g/mol. The Labute approximate surface area is 102 Å². The van der Waals surface area contributed by atoms with Crippen molar-refractivity contribution in [2.45, 2.75) is 33.1 Å². The Morgan fingerprint density at radius 3 is 2.82 bits per heavy atom. The molecule has 0 radical (unpaired) electrons. The van der Waals surface area contributed by atoms with Gasteiger partial charge in [0.15, 0.2) is 0 Å². The Hall–Kier alpha value is -1.12. The Kier molecular flexibility index (Phi) is 3.65. The third-order valence-electron chi connectivity index (χ3n) is 4.04. The van der Waals surface area contributed by atoms with Gasteiger partial charge in [-0.15, -0.1) is 0 Å². The average Bonchev–Trinajstić information content (AvgIpc) is 2.84. The number of ether oxygens (including phenoxy) is 1. The number of rotatable bonds is 5. The largest absolute Gasteiger partial charge is 0.465 e. The molecule has 0 heterocycles. The lowest BCUT2D eigenvalue weighted by atomic mass is 9.94. The van der Waals surface area contributed by atoms with Gasteiger partial charge in [-0.3, -0.25) is 9.59 Å². The number of esters is 1. The van der Waals surface area contributed by atoms with Crippen molar-refractivity contribution in [1.29, 1.82) is 0 Å². The Balaban J connectivity index is 1.78. The number of carbonyl (C=O) groups excluding carboxylic acids is 2. The lowest BCUT2D eigenvalue weighted by Gasteiger charge is -2.16. The van der Waals surface area contributed by atoms with Crippen LogP contribution in [0.4, 0.5) is 0 Å². The predicted octanol–water partition coefficient (Wildman–Crippen LogP) is 2.36. The summed E-state index contributed by atoms with van der Waals surface area (Å²) in [4.78, 5) is 23.5. The maximum Gasteiger partial charge on any atom is 0.310 e. The van der Waals surface area contributed by atoms with Crippen LogP contribution in [0.25, 0.3) is 0 Å². The number of hydrogen-bond acceptors (Lipinski definition) is 3. The molecule has 1 fully saturated rings. The first-order valence-corrected chi connectivity index (χ1v) is 6.52. The fraction of sp³-hybridized carbons (Fsp3) is 0.714. The van der Waals surface area contributed by atoms with Crippen LogP contribution < -0.4 is 0 Å². The van der Waals surface area contributed by atoms with Crippen molar-refractivity contribution >= 4 is 11.8 Å². The summed E-state index contributed by atoms with van der Waals surface area (Å²) in [6.45, 7) is 4.77. The highest BCUT2D eigenvalue weighted by Crippen LogP contribution is 2.41. The van der Waals surface area contributed by atoms with Gasteiger partial charge in [0.1, 0.15) is 5.78 Å². The summed E-state index contributed by atoms with van der Waals surface area (Å²) in [5.41, 5.74) is 0. The fourth-order valence-corrected chi connectivity index (χ4v) is 2.55. The summed E-state index contributed by atoms with van der Waals surface area (Å²) >= 11 is 0. The van der Waals surface area contributed by atoms with E-state index in [1.54, 1.807) is 0 Å². The van der Waals surface area contributed by atoms with Crippen molar-refractivity contribution in [3.05, 3.63) is 12.2 Å². The van der Waals surface area contributed by atoms with Gasteiger partial charge in [-0.1, -0.05) is 32.4 Å². The standard InChI is InChI=1S/C14H20O3/c1-3-9(2)6-7-17-14(16)12-8-10-4-5-11(12)13(10)15/h4-5,9-12H,3,6-8H2,1-2H3. The second-order valence-electron chi connectivity index (χ2n) is 5.23. The van der Waals surface area contributed by atoms with Crippen molar-refractivity contribution < 1.29 is 14.3 Å². The van der Waals surface area contributed by atoms with Crippen LogP contribution in [0.2, 0.25) is 0 Å². The van der Waals surface area contributed by atoms with Crippen LogP contribution in [0.3, 0.4) is 0 Å².